The van der Waals surface area contributed by atoms with Crippen LogP contribution in [0.2, 0.25) is 0 Å². The summed E-state index contributed by atoms with van der Waals surface area (Å²) in [5, 5.41) is 11.0. The third kappa shape index (κ3) is 6.93. The topological polar surface area (TPSA) is 151 Å². The number of anilines is 1. The number of nitrogens with one attached hydrogen (secondary N) is 3. The fraction of sp³-hybridized carbons (Fsp3) is 0.158. The second-order valence-electron chi connectivity index (χ2n) is 6.02. The number of carbonyl (C=O) groups is 2. The Morgan fingerprint density at radius 1 is 1.03 bits per heavy atom. The number of hydroxylamine groups is 1. The number of sulfonamides is 1. The lowest BCUT2D eigenvalue weighted by Gasteiger charge is -2.14. The van der Waals surface area contributed by atoms with Crippen molar-refractivity contribution in [1.29, 1.82) is 0 Å². The van der Waals surface area contributed by atoms with Gasteiger partial charge in [0.2, 0.25) is 10.0 Å². The highest BCUT2D eigenvalue weighted by Crippen LogP contribution is 2.10. The van der Waals surface area contributed by atoms with Crippen LogP contribution in [0.1, 0.15) is 21.5 Å². The maximum atomic E-state index is 12.1. The first-order chi connectivity index (χ1) is 13.7. The summed E-state index contributed by atoms with van der Waals surface area (Å²) in [6, 6.07) is 11.9. The number of nitrogens with two attached hydrogens (primary N) is 1. The Hall–Kier alpha value is -3.39. The van der Waals surface area contributed by atoms with Gasteiger partial charge in [0.25, 0.3) is 11.8 Å². The van der Waals surface area contributed by atoms with Gasteiger partial charge in [-0.2, -0.15) is 0 Å². The number of benzene rings is 2. The van der Waals surface area contributed by atoms with Crippen LogP contribution in [-0.2, 0) is 14.8 Å². The maximum absolute atomic E-state index is 12.1. The first-order valence-electron chi connectivity index (χ1n) is 8.36. The SMILES string of the molecule is CS(=O)(=O)Nc1ccc(C#Cc2ccc(C(=O)N[C@@H](CN)C(=O)NO)cc2)cc1. The highest BCUT2D eigenvalue weighted by molar-refractivity contribution is 7.92. The normalized spacial score (nSPS) is 11.6. The Morgan fingerprint density at radius 2 is 1.55 bits per heavy atom. The Labute approximate surface area is 168 Å². The predicted molar refractivity (Wildman–Crippen MR) is 108 cm³/mol. The van der Waals surface area contributed by atoms with Gasteiger partial charge in [0.05, 0.1) is 6.26 Å². The lowest BCUT2D eigenvalue weighted by atomic mass is 10.1. The predicted octanol–water partition coefficient (Wildman–Crippen LogP) is 0.0204. The lowest BCUT2D eigenvalue weighted by molar-refractivity contribution is -0.130. The molecule has 2 aromatic rings. The van der Waals surface area contributed by atoms with Crippen LogP contribution in [0.3, 0.4) is 0 Å². The van der Waals surface area contributed by atoms with E-state index in [9.17, 15) is 18.0 Å². The molecule has 2 rings (SSSR count). The summed E-state index contributed by atoms with van der Waals surface area (Å²) in [6.45, 7) is -0.166. The van der Waals surface area contributed by atoms with E-state index >= 15 is 0 Å². The Kier molecular flexibility index (Phi) is 7.33. The summed E-state index contributed by atoms with van der Waals surface area (Å²) in [7, 11) is -3.33. The van der Waals surface area contributed by atoms with Crippen molar-refractivity contribution in [2.75, 3.05) is 17.5 Å². The Bertz CT molecular complexity index is 1040. The number of rotatable bonds is 6. The van der Waals surface area contributed by atoms with Gasteiger partial charge in [-0.25, -0.2) is 13.9 Å². The van der Waals surface area contributed by atoms with Gasteiger partial charge in [-0.15, -0.1) is 0 Å². The summed E-state index contributed by atoms with van der Waals surface area (Å²) >= 11 is 0. The molecule has 0 aromatic heterocycles. The summed E-state index contributed by atoms with van der Waals surface area (Å²) in [5.41, 5.74) is 8.93. The largest absolute Gasteiger partial charge is 0.339 e. The first kappa shape index (κ1) is 21.9. The number of carbonyl (C=O) groups excluding carboxylic acids is 2. The maximum Gasteiger partial charge on any atom is 0.267 e. The fourth-order valence-electron chi connectivity index (χ4n) is 2.24. The lowest BCUT2D eigenvalue weighted by Crippen LogP contribution is -2.50. The molecule has 2 amide bonds. The molecule has 0 saturated carbocycles. The van der Waals surface area contributed by atoms with Gasteiger partial charge in [-0.1, -0.05) is 11.8 Å². The molecular formula is C19H20N4O5S. The van der Waals surface area contributed by atoms with Crippen LogP contribution in [0, 0.1) is 11.8 Å². The molecule has 9 nitrogen and oxygen atoms in total. The summed E-state index contributed by atoms with van der Waals surface area (Å²) in [6.07, 6.45) is 1.07. The number of hydrogen-bond donors (Lipinski definition) is 5. The van der Waals surface area contributed by atoms with Crippen molar-refractivity contribution in [2.45, 2.75) is 6.04 Å². The van der Waals surface area contributed by atoms with Crippen molar-refractivity contribution in [2.24, 2.45) is 5.73 Å². The first-order valence-corrected chi connectivity index (χ1v) is 10.3. The zero-order valence-electron chi connectivity index (χ0n) is 15.5. The van der Waals surface area contributed by atoms with Gasteiger partial charge in [0.15, 0.2) is 0 Å². The fourth-order valence-corrected chi connectivity index (χ4v) is 2.80. The molecular weight excluding hydrogens is 396 g/mol. The van der Waals surface area contributed by atoms with Crippen LogP contribution in [0.4, 0.5) is 5.69 Å². The van der Waals surface area contributed by atoms with Gasteiger partial charge in [-0.3, -0.25) is 19.5 Å². The molecule has 10 heteroatoms. The molecule has 0 aliphatic carbocycles. The van der Waals surface area contributed by atoms with Gasteiger partial charge < -0.3 is 11.1 Å². The summed E-state index contributed by atoms with van der Waals surface area (Å²) < 4.78 is 24.8. The smallest absolute Gasteiger partial charge is 0.267 e. The molecule has 0 unspecified atom stereocenters. The second kappa shape index (κ2) is 9.70. The molecule has 0 fully saturated rings. The summed E-state index contributed by atoms with van der Waals surface area (Å²) in [5.74, 6) is 4.55. The average molecular weight is 416 g/mol. The van der Waals surface area contributed by atoms with Crippen LogP contribution >= 0.6 is 0 Å². The van der Waals surface area contributed by atoms with Crippen LogP contribution in [0.5, 0.6) is 0 Å². The molecule has 0 aliphatic rings. The molecule has 152 valence electrons. The quantitative estimate of drug-likeness (QED) is 0.254. The van der Waals surface area contributed by atoms with E-state index in [0.717, 1.165) is 6.26 Å². The van der Waals surface area contributed by atoms with E-state index < -0.39 is 27.9 Å². The van der Waals surface area contributed by atoms with E-state index in [2.05, 4.69) is 21.9 Å². The van der Waals surface area contributed by atoms with Crippen LogP contribution < -0.4 is 21.3 Å². The molecule has 0 bridgehead atoms. The molecule has 1 atom stereocenters. The van der Waals surface area contributed by atoms with E-state index in [0.29, 0.717) is 22.4 Å². The third-order valence-corrected chi connectivity index (χ3v) is 4.26. The van der Waals surface area contributed by atoms with Gasteiger partial charge in [-0.05, 0) is 48.5 Å². The molecule has 0 aliphatic heterocycles. The standard InChI is InChI=1S/C19H20N4O5S/c1-29(27,28)23-16-10-6-14(7-11-16)3-2-13-4-8-15(9-5-13)18(24)21-17(12-20)19(25)22-26/h4-11,17,23,26H,12,20H2,1H3,(H,21,24)(H,22,25)/t17-/m0/s1. The average Bonchev–Trinajstić information content (AvgIpc) is 2.70. The van der Waals surface area contributed by atoms with E-state index in [-0.39, 0.29) is 6.54 Å². The summed E-state index contributed by atoms with van der Waals surface area (Å²) in [4.78, 5) is 23.5. The van der Waals surface area contributed by atoms with Crippen LogP contribution in [0.25, 0.3) is 0 Å². The van der Waals surface area contributed by atoms with Crippen LogP contribution in [0.15, 0.2) is 48.5 Å². The van der Waals surface area contributed by atoms with Crippen LogP contribution in [-0.4, -0.2) is 44.3 Å². The third-order valence-electron chi connectivity index (χ3n) is 3.65. The molecule has 0 radical (unpaired) electrons. The minimum absolute atomic E-state index is 0.166. The van der Waals surface area contributed by atoms with Crippen molar-refractivity contribution < 1.29 is 23.2 Å². The van der Waals surface area contributed by atoms with Crippen molar-refractivity contribution in [3.05, 3.63) is 65.2 Å². The molecule has 29 heavy (non-hydrogen) atoms. The zero-order chi connectivity index (χ0) is 21.4. The zero-order valence-corrected chi connectivity index (χ0v) is 16.3. The van der Waals surface area contributed by atoms with Gasteiger partial charge in [0.1, 0.15) is 6.04 Å². The van der Waals surface area contributed by atoms with Gasteiger partial charge in [0, 0.05) is 28.9 Å². The molecule has 0 spiro atoms. The minimum Gasteiger partial charge on any atom is -0.339 e. The van der Waals surface area contributed by atoms with E-state index in [1.54, 1.807) is 48.5 Å². The number of amides is 2. The van der Waals surface area contributed by atoms with Crippen molar-refractivity contribution in [3.8, 4) is 11.8 Å². The van der Waals surface area contributed by atoms with Gasteiger partial charge >= 0.3 is 0 Å². The highest BCUT2D eigenvalue weighted by atomic mass is 32.2. The molecule has 0 heterocycles. The Balaban J connectivity index is 2.04. The molecule has 6 N–H and O–H groups in total. The van der Waals surface area contributed by atoms with E-state index in [1.807, 2.05) is 0 Å². The second-order valence-corrected chi connectivity index (χ2v) is 7.77. The molecule has 2 aromatic carbocycles. The monoisotopic (exact) mass is 416 g/mol. The van der Waals surface area contributed by atoms with Crippen molar-refractivity contribution in [1.82, 2.24) is 10.8 Å². The minimum atomic E-state index is -3.33. The van der Waals surface area contributed by atoms with Crippen molar-refractivity contribution in [3.63, 3.8) is 0 Å². The van der Waals surface area contributed by atoms with E-state index in [4.69, 9.17) is 10.9 Å². The molecule has 0 saturated heterocycles. The Morgan fingerprint density at radius 3 is 2.00 bits per heavy atom. The highest BCUT2D eigenvalue weighted by Gasteiger charge is 2.19. The van der Waals surface area contributed by atoms with Crippen molar-refractivity contribution >= 4 is 27.5 Å². The van der Waals surface area contributed by atoms with E-state index in [1.165, 1.54) is 5.48 Å². The number of hydrogen-bond acceptors (Lipinski definition) is 6.